The lowest BCUT2D eigenvalue weighted by molar-refractivity contribution is -0.137. The third-order valence-electron chi connectivity index (χ3n) is 5.76. The number of nitrogens with zero attached hydrogens (tertiary/aromatic N) is 1. The molecule has 2 aromatic carbocycles. The number of hydrogen-bond donors (Lipinski definition) is 5. The first-order valence-corrected chi connectivity index (χ1v) is 11.9. The lowest BCUT2D eigenvalue weighted by atomic mass is 10.0. The maximum absolute atomic E-state index is 13.3. The van der Waals surface area contributed by atoms with E-state index in [-0.39, 0.29) is 23.6 Å². The van der Waals surface area contributed by atoms with Crippen molar-refractivity contribution in [1.82, 2.24) is 16.0 Å². The Morgan fingerprint density at radius 2 is 1.76 bits per heavy atom. The lowest BCUT2D eigenvalue weighted by Gasteiger charge is -2.27. The van der Waals surface area contributed by atoms with Crippen molar-refractivity contribution in [2.45, 2.75) is 45.8 Å². The molecule has 0 saturated carbocycles. The molecule has 0 aromatic heterocycles. The minimum absolute atomic E-state index is 0.115. The number of carbonyl (C=O) groups excluding carboxylic acids is 4. The number of carboxylic acid groups (broad SMARTS) is 1. The van der Waals surface area contributed by atoms with Crippen molar-refractivity contribution < 1.29 is 29.1 Å². The zero-order valence-corrected chi connectivity index (χ0v) is 20.9. The molecule has 5 N–H and O–H groups in total. The molecule has 0 saturated heterocycles. The van der Waals surface area contributed by atoms with Crippen LogP contribution in [-0.4, -0.2) is 53.5 Å². The molecule has 0 radical (unpaired) electrons. The Morgan fingerprint density at radius 3 is 2.41 bits per heavy atom. The summed E-state index contributed by atoms with van der Waals surface area (Å²) in [6.45, 7) is 5.00. The second-order valence-electron chi connectivity index (χ2n) is 9.21. The molecule has 2 atom stereocenters. The van der Waals surface area contributed by atoms with E-state index in [1.807, 2.05) is 30.3 Å². The highest BCUT2D eigenvalue weighted by molar-refractivity contribution is 6.13. The van der Waals surface area contributed by atoms with Crippen LogP contribution >= 0.6 is 0 Å². The zero-order chi connectivity index (χ0) is 27.1. The minimum atomic E-state index is -1.06. The number of carboxylic acids is 1. The summed E-state index contributed by atoms with van der Waals surface area (Å²) in [5.74, 6) is -2.87. The number of urea groups is 1. The van der Waals surface area contributed by atoms with Crippen LogP contribution in [0, 0.1) is 5.92 Å². The second-order valence-corrected chi connectivity index (χ2v) is 9.21. The van der Waals surface area contributed by atoms with Gasteiger partial charge in [0.15, 0.2) is 0 Å². The Morgan fingerprint density at radius 1 is 1.05 bits per heavy atom. The summed E-state index contributed by atoms with van der Waals surface area (Å²) < 4.78 is 0. The molecule has 37 heavy (non-hydrogen) atoms. The van der Waals surface area contributed by atoms with Gasteiger partial charge in [-0.1, -0.05) is 44.2 Å². The van der Waals surface area contributed by atoms with E-state index in [9.17, 15) is 24.0 Å². The Hall–Kier alpha value is -4.41. The molecule has 3 rings (SSSR count). The van der Waals surface area contributed by atoms with Crippen LogP contribution in [-0.2, 0) is 20.9 Å². The van der Waals surface area contributed by atoms with Crippen molar-refractivity contribution in [2.75, 3.05) is 16.8 Å². The highest BCUT2D eigenvalue weighted by atomic mass is 16.4. The number of aliphatic carboxylic acids is 1. The van der Waals surface area contributed by atoms with Gasteiger partial charge in [0.05, 0.1) is 17.7 Å². The van der Waals surface area contributed by atoms with E-state index in [4.69, 9.17) is 5.11 Å². The van der Waals surface area contributed by atoms with Gasteiger partial charge >= 0.3 is 12.0 Å². The molecule has 11 heteroatoms. The predicted octanol–water partition coefficient (Wildman–Crippen LogP) is 2.09. The van der Waals surface area contributed by atoms with E-state index < -0.39 is 48.4 Å². The molecule has 11 nitrogen and oxygen atoms in total. The van der Waals surface area contributed by atoms with Crippen molar-refractivity contribution in [3.05, 3.63) is 59.7 Å². The Kier molecular flexibility index (Phi) is 8.83. The predicted molar refractivity (Wildman–Crippen MR) is 137 cm³/mol. The van der Waals surface area contributed by atoms with Crippen LogP contribution in [0.5, 0.6) is 0 Å². The molecule has 0 aliphatic carbocycles. The fourth-order valence-electron chi connectivity index (χ4n) is 3.94. The van der Waals surface area contributed by atoms with Gasteiger partial charge in [0, 0.05) is 18.3 Å². The van der Waals surface area contributed by atoms with Crippen molar-refractivity contribution >= 4 is 41.1 Å². The molecule has 1 heterocycles. The van der Waals surface area contributed by atoms with Gasteiger partial charge < -0.3 is 31.3 Å². The summed E-state index contributed by atoms with van der Waals surface area (Å²) in [4.78, 5) is 63.6. The average molecular weight is 510 g/mol. The van der Waals surface area contributed by atoms with E-state index in [2.05, 4.69) is 21.3 Å². The number of anilines is 2. The zero-order valence-electron chi connectivity index (χ0n) is 20.9. The van der Waals surface area contributed by atoms with Crippen LogP contribution in [0.25, 0.3) is 0 Å². The van der Waals surface area contributed by atoms with Gasteiger partial charge in [0.25, 0.3) is 5.91 Å². The molecule has 0 fully saturated rings. The lowest BCUT2D eigenvalue weighted by Crippen LogP contribution is -2.51. The van der Waals surface area contributed by atoms with Crippen molar-refractivity contribution in [1.29, 1.82) is 0 Å². The number of hydrogen-bond acceptors (Lipinski definition) is 5. The van der Waals surface area contributed by atoms with Crippen LogP contribution in [0.3, 0.4) is 0 Å². The van der Waals surface area contributed by atoms with Gasteiger partial charge in [-0.15, -0.1) is 0 Å². The molecule has 0 bridgehead atoms. The topological polar surface area (TPSA) is 157 Å². The largest absolute Gasteiger partial charge is 0.481 e. The van der Waals surface area contributed by atoms with E-state index in [1.54, 1.807) is 20.8 Å². The van der Waals surface area contributed by atoms with E-state index in [0.717, 1.165) is 5.56 Å². The van der Waals surface area contributed by atoms with Crippen LogP contribution in [0.4, 0.5) is 16.2 Å². The Labute approximate surface area is 214 Å². The van der Waals surface area contributed by atoms with Crippen LogP contribution in [0.2, 0.25) is 0 Å². The summed E-state index contributed by atoms with van der Waals surface area (Å²) >= 11 is 0. The van der Waals surface area contributed by atoms with Crippen LogP contribution in [0.1, 0.15) is 43.1 Å². The summed E-state index contributed by atoms with van der Waals surface area (Å²) in [7, 11) is 0. The number of nitrogens with one attached hydrogen (secondary N) is 4. The van der Waals surface area contributed by atoms with Gasteiger partial charge in [-0.3, -0.25) is 19.2 Å². The third kappa shape index (κ3) is 7.29. The van der Waals surface area contributed by atoms with Gasteiger partial charge in [-0.25, -0.2) is 4.79 Å². The summed E-state index contributed by atoms with van der Waals surface area (Å²) in [6.07, 6.45) is -0.272. The molecular weight excluding hydrogens is 478 g/mol. The smallest absolute Gasteiger partial charge is 0.319 e. The molecule has 2 aromatic rings. The average Bonchev–Trinajstić information content (AvgIpc) is 2.93. The van der Waals surface area contributed by atoms with Crippen molar-refractivity contribution in [2.24, 2.45) is 5.92 Å². The highest BCUT2D eigenvalue weighted by Crippen LogP contribution is 2.28. The molecule has 5 amide bonds. The SMILES string of the molecule is CC(C)[C@@H]1NC(=O)c2cc(NC(=O)NCc3ccccc3)ccc2N(CC(=O)N[C@H](C)CC(=O)O)C1=O. The van der Waals surface area contributed by atoms with E-state index >= 15 is 0 Å². The molecule has 196 valence electrons. The number of carbonyl (C=O) groups is 5. The fourth-order valence-corrected chi connectivity index (χ4v) is 3.94. The first kappa shape index (κ1) is 27.2. The van der Waals surface area contributed by atoms with Gasteiger partial charge in [0.1, 0.15) is 12.6 Å². The molecule has 1 aliphatic rings. The molecule has 1 aliphatic heterocycles. The standard InChI is InChI=1S/C26H31N5O6/c1-15(2)23-25(36)31(14-21(32)28-16(3)11-22(33)34)20-10-9-18(12-19(20)24(35)30-23)29-26(37)27-13-17-7-5-4-6-8-17/h4-10,12,15-16,23H,11,13-14H2,1-3H3,(H,28,32)(H,30,35)(H,33,34)(H2,27,29,37)/t16-,23+/m1/s1. The van der Waals surface area contributed by atoms with Crippen molar-refractivity contribution in [3.63, 3.8) is 0 Å². The Balaban J connectivity index is 1.81. The van der Waals surface area contributed by atoms with E-state index in [1.165, 1.54) is 23.1 Å². The minimum Gasteiger partial charge on any atom is -0.481 e. The quantitative estimate of drug-likeness (QED) is 0.348. The summed E-state index contributed by atoms with van der Waals surface area (Å²) in [5.41, 5.74) is 1.57. The number of benzene rings is 2. The first-order valence-electron chi connectivity index (χ1n) is 11.9. The number of fused-ring (bicyclic) bond motifs is 1. The Bertz CT molecular complexity index is 1180. The molecule has 0 spiro atoms. The molecular formula is C26H31N5O6. The highest BCUT2D eigenvalue weighted by Gasteiger charge is 2.36. The maximum atomic E-state index is 13.3. The first-order chi connectivity index (χ1) is 17.5. The van der Waals surface area contributed by atoms with Crippen molar-refractivity contribution in [3.8, 4) is 0 Å². The van der Waals surface area contributed by atoms with Crippen LogP contribution < -0.4 is 26.2 Å². The summed E-state index contributed by atoms with van der Waals surface area (Å²) in [5, 5.41) is 19.6. The van der Waals surface area contributed by atoms with Gasteiger partial charge in [0.2, 0.25) is 11.8 Å². The van der Waals surface area contributed by atoms with Crippen LogP contribution in [0.15, 0.2) is 48.5 Å². The van der Waals surface area contributed by atoms with E-state index in [0.29, 0.717) is 12.2 Å². The second kappa shape index (κ2) is 12.0. The third-order valence-corrected chi connectivity index (χ3v) is 5.76. The van der Waals surface area contributed by atoms with Gasteiger partial charge in [-0.05, 0) is 36.6 Å². The number of amides is 5. The molecule has 0 unspecified atom stereocenters. The maximum Gasteiger partial charge on any atom is 0.319 e. The number of rotatable bonds is 9. The normalized spacial score (nSPS) is 15.8. The van der Waals surface area contributed by atoms with Gasteiger partial charge in [-0.2, -0.15) is 0 Å². The fraction of sp³-hybridized carbons (Fsp3) is 0.346. The monoisotopic (exact) mass is 509 g/mol. The summed E-state index contributed by atoms with van der Waals surface area (Å²) in [6, 6.07) is 11.8.